The second kappa shape index (κ2) is 6.62. The predicted octanol–water partition coefficient (Wildman–Crippen LogP) is 3.37. The van der Waals surface area contributed by atoms with Crippen molar-refractivity contribution in [1.29, 1.82) is 0 Å². The van der Waals surface area contributed by atoms with E-state index in [9.17, 15) is 4.79 Å². The van der Waals surface area contributed by atoms with Crippen LogP contribution in [0.1, 0.15) is 62.4 Å². The van der Waals surface area contributed by atoms with Crippen molar-refractivity contribution in [2.45, 2.75) is 51.0 Å². The van der Waals surface area contributed by atoms with Crippen LogP contribution in [0.4, 0.5) is 0 Å². The van der Waals surface area contributed by atoms with Crippen LogP contribution in [0.3, 0.4) is 0 Å². The second-order valence-electron chi connectivity index (χ2n) is 7.66. The molecule has 4 rings (SSSR count). The monoisotopic (exact) mass is 338 g/mol. The summed E-state index contributed by atoms with van der Waals surface area (Å²) in [6.45, 7) is 6.04. The van der Waals surface area contributed by atoms with Crippen molar-refractivity contribution in [1.82, 2.24) is 19.4 Å². The van der Waals surface area contributed by atoms with Crippen LogP contribution in [0.15, 0.2) is 36.9 Å². The van der Waals surface area contributed by atoms with Crippen molar-refractivity contribution in [2.75, 3.05) is 13.1 Å². The predicted molar refractivity (Wildman–Crippen MR) is 96.3 cm³/mol. The van der Waals surface area contributed by atoms with Crippen LogP contribution in [0.2, 0.25) is 0 Å². The number of amides is 1. The van der Waals surface area contributed by atoms with E-state index in [4.69, 9.17) is 0 Å². The van der Waals surface area contributed by atoms with Crippen LogP contribution in [0.25, 0.3) is 0 Å². The molecular formula is C20H26N4O. The molecule has 2 aromatic heterocycles. The molecule has 0 unspecified atom stereocenters. The van der Waals surface area contributed by atoms with Crippen molar-refractivity contribution >= 4 is 5.91 Å². The maximum absolute atomic E-state index is 13.0. The Labute approximate surface area is 149 Å². The fourth-order valence-electron chi connectivity index (χ4n) is 4.13. The van der Waals surface area contributed by atoms with E-state index >= 15 is 0 Å². The average Bonchev–Trinajstić information content (AvgIpc) is 3.29. The molecule has 1 aliphatic heterocycles. The highest BCUT2D eigenvalue weighted by molar-refractivity contribution is 5.83. The molecule has 2 aliphatic rings. The molecule has 1 amide bonds. The average molecular weight is 338 g/mol. The van der Waals surface area contributed by atoms with Gasteiger partial charge in [0.1, 0.15) is 5.82 Å². The zero-order valence-electron chi connectivity index (χ0n) is 15.0. The third-order valence-corrected chi connectivity index (χ3v) is 5.54. The molecule has 132 valence electrons. The minimum atomic E-state index is 0.148. The van der Waals surface area contributed by atoms with Gasteiger partial charge in [-0.15, -0.1) is 0 Å². The highest BCUT2D eigenvalue weighted by Crippen LogP contribution is 2.48. The van der Waals surface area contributed by atoms with E-state index in [1.54, 1.807) is 6.20 Å². The molecule has 3 heterocycles. The smallest absolute Gasteiger partial charge is 0.226 e. The number of pyridine rings is 1. The van der Waals surface area contributed by atoms with Gasteiger partial charge in [0, 0.05) is 49.7 Å². The Balaban J connectivity index is 1.43. The number of hydrogen-bond acceptors (Lipinski definition) is 3. The summed E-state index contributed by atoms with van der Waals surface area (Å²) in [6.07, 6.45) is 10.8. The number of carbonyl (C=O) groups excluding carboxylic acids is 1. The lowest BCUT2D eigenvalue weighted by Gasteiger charge is -2.34. The summed E-state index contributed by atoms with van der Waals surface area (Å²) in [7, 11) is 0. The second-order valence-corrected chi connectivity index (χ2v) is 7.66. The third kappa shape index (κ3) is 3.20. The van der Waals surface area contributed by atoms with Crippen LogP contribution in [0, 0.1) is 5.92 Å². The van der Waals surface area contributed by atoms with Gasteiger partial charge in [-0.2, -0.15) is 0 Å². The summed E-state index contributed by atoms with van der Waals surface area (Å²) in [4.78, 5) is 23.7. The molecule has 0 aromatic carbocycles. The van der Waals surface area contributed by atoms with Crippen LogP contribution in [-0.2, 0) is 4.79 Å². The molecule has 2 aromatic rings. The first kappa shape index (κ1) is 16.3. The molecule has 5 heteroatoms. The van der Waals surface area contributed by atoms with Gasteiger partial charge in [-0.25, -0.2) is 4.98 Å². The molecule has 0 spiro atoms. The number of carbonyl (C=O) groups is 1. The van der Waals surface area contributed by atoms with Gasteiger partial charge >= 0.3 is 0 Å². The molecule has 3 atom stereocenters. The Morgan fingerprint density at radius 1 is 1.32 bits per heavy atom. The number of nitrogens with zero attached hydrogens (tertiary/aromatic N) is 4. The maximum Gasteiger partial charge on any atom is 0.226 e. The summed E-state index contributed by atoms with van der Waals surface area (Å²) < 4.78 is 2.29. The maximum atomic E-state index is 13.0. The number of likely N-dealkylation sites (tertiary alicyclic amines) is 1. The van der Waals surface area contributed by atoms with Crippen LogP contribution < -0.4 is 0 Å². The molecule has 0 radical (unpaired) electrons. The molecule has 2 fully saturated rings. The van der Waals surface area contributed by atoms with Gasteiger partial charge in [0.05, 0.1) is 6.04 Å². The van der Waals surface area contributed by atoms with Gasteiger partial charge in [0.2, 0.25) is 5.91 Å². The van der Waals surface area contributed by atoms with Crippen LogP contribution in [-0.4, -0.2) is 38.4 Å². The lowest BCUT2D eigenvalue weighted by molar-refractivity contribution is -0.134. The third-order valence-electron chi connectivity index (χ3n) is 5.54. The SMILES string of the molecule is CC(C)c1nccn1[C@@H]1CCCN(C(=O)[C@H]2C[C@H]2c2cccnc2)C1. The largest absolute Gasteiger partial charge is 0.340 e. The van der Waals surface area contributed by atoms with Crippen molar-refractivity contribution in [2.24, 2.45) is 5.92 Å². The van der Waals surface area contributed by atoms with Crippen molar-refractivity contribution in [3.05, 3.63) is 48.3 Å². The topological polar surface area (TPSA) is 51.0 Å². The zero-order chi connectivity index (χ0) is 17.4. The first-order valence-corrected chi connectivity index (χ1v) is 9.36. The Kier molecular flexibility index (Phi) is 4.32. The minimum absolute atomic E-state index is 0.148. The van der Waals surface area contributed by atoms with Gasteiger partial charge in [0.25, 0.3) is 0 Å². The van der Waals surface area contributed by atoms with E-state index in [1.807, 2.05) is 18.5 Å². The number of imidazole rings is 1. The van der Waals surface area contributed by atoms with E-state index in [0.717, 1.165) is 38.2 Å². The summed E-state index contributed by atoms with van der Waals surface area (Å²) in [5.41, 5.74) is 1.20. The van der Waals surface area contributed by atoms with E-state index in [0.29, 0.717) is 23.8 Å². The summed E-state index contributed by atoms with van der Waals surface area (Å²) in [5.74, 6) is 2.36. The van der Waals surface area contributed by atoms with Gasteiger partial charge in [-0.3, -0.25) is 9.78 Å². The zero-order valence-corrected chi connectivity index (χ0v) is 15.0. The molecule has 1 saturated carbocycles. The Bertz CT molecular complexity index is 739. The van der Waals surface area contributed by atoms with E-state index in [2.05, 4.69) is 45.5 Å². The van der Waals surface area contributed by atoms with Gasteiger partial charge in [-0.1, -0.05) is 19.9 Å². The lowest BCUT2D eigenvalue weighted by Crippen LogP contribution is -2.42. The van der Waals surface area contributed by atoms with Gasteiger partial charge in [0.15, 0.2) is 0 Å². The van der Waals surface area contributed by atoms with Gasteiger partial charge in [-0.05, 0) is 36.8 Å². The lowest BCUT2D eigenvalue weighted by atomic mass is 10.0. The normalized spacial score (nSPS) is 26.0. The minimum Gasteiger partial charge on any atom is -0.340 e. The molecule has 0 N–H and O–H groups in total. The number of rotatable bonds is 4. The first-order chi connectivity index (χ1) is 12.1. The summed E-state index contributed by atoms with van der Waals surface area (Å²) in [6, 6.07) is 4.40. The quantitative estimate of drug-likeness (QED) is 0.859. The van der Waals surface area contributed by atoms with E-state index < -0.39 is 0 Å². The van der Waals surface area contributed by atoms with Crippen molar-refractivity contribution in [3.63, 3.8) is 0 Å². The fraction of sp³-hybridized carbons (Fsp3) is 0.550. The number of aromatic nitrogens is 3. The standard InChI is InChI=1S/C20H26N4O/c1-14(2)19-22-8-10-24(19)16-6-4-9-23(13-16)20(25)18-11-17(18)15-5-3-7-21-12-15/h3,5,7-8,10,12,14,16-18H,4,6,9,11,13H2,1-2H3/t16-,17+,18+/m1/s1. The highest BCUT2D eigenvalue weighted by atomic mass is 16.2. The molecule has 1 aliphatic carbocycles. The van der Waals surface area contributed by atoms with E-state index in [-0.39, 0.29) is 5.92 Å². The molecule has 25 heavy (non-hydrogen) atoms. The molecule has 1 saturated heterocycles. The Morgan fingerprint density at radius 3 is 2.96 bits per heavy atom. The highest BCUT2D eigenvalue weighted by Gasteiger charge is 2.46. The van der Waals surface area contributed by atoms with Crippen LogP contribution in [0.5, 0.6) is 0 Å². The molecule has 0 bridgehead atoms. The molecular weight excluding hydrogens is 312 g/mol. The Morgan fingerprint density at radius 2 is 2.20 bits per heavy atom. The number of hydrogen-bond donors (Lipinski definition) is 0. The van der Waals surface area contributed by atoms with Crippen LogP contribution >= 0.6 is 0 Å². The summed E-state index contributed by atoms with van der Waals surface area (Å²) >= 11 is 0. The van der Waals surface area contributed by atoms with Crippen molar-refractivity contribution in [3.8, 4) is 0 Å². The first-order valence-electron chi connectivity index (χ1n) is 9.36. The molecule has 5 nitrogen and oxygen atoms in total. The van der Waals surface area contributed by atoms with E-state index in [1.165, 1.54) is 5.56 Å². The fourth-order valence-corrected chi connectivity index (χ4v) is 4.13. The van der Waals surface area contributed by atoms with Crippen molar-refractivity contribution < 1.29 is 4.79 Å². The number of piperidine rings is 1. The Hall–Kier alpha value is -2.17. The summed E-state index contributed by atoms with van der Waals surface area (Å²) in [5, 5.41) is 0. The van der Waals surface area contributed by atoms with Gasteiger partial charge < -0.3 is 9.47 Å².